The fourth-order valence-corrected chi connectivity index (χ4v) is 4.99. The molecule has 10 unspecified atom stereocenters. The number of carbonyl (C=O) groups excluding carboxylic acids is 6. The van der Waals surface area contributed by atoms with Crippen LogP contribution in [0.15, 0.2) is 0 Å². The molecular weight excluding hydrogens is 671 g/mol. The van der Waals surface area contributed by atoms with Gasteiger partial charge in [-0.3, -0.25) is 28.8 Å². The maximum absolute atomic E-state index is 12.1. The van der Waals surface area contributed by atoms with E-state index in [1.807, 2.05) is 22.6 Å². The molecule has 2 heterocycles. The third-order valence-corrected chi connectivity index (χ3v) is 6.47. The van der Waals surface area contributed by atoms with Gasteiger partial charge in [0.05, 0.1) is 6.10 Å². The number of ether oxygens (including phenoxy) is 9. The van der Waals surface area contributed by atoms with Crippen LogP contribution in [0.25, 0.3) is 0 Å². The Balaban J connectivity index is 2.60. The van der Waals surface area contributed by atoms with Gasteiger partial charge in [-0.25, -0.2) is 0 Å². The number of esters is 6. The molecule has 1 N–H and O–H groups in total. The first-order valence-electron chi connectivity index (χ1n) is 12.3. The number of halogens is 1. The van der Waals surface area contributed by atoms with Crippen molar-refractivity contribution in [2.45, 2.75) is 103 Å². The van der Waals surface area contributed by atoms with E-state index in [1.54, 1.807) is 0 Å². The van der Waals surface area contributed by atoms with E-state index in [4.69, 9.17) is 42.6 Å². The van der Waals surface area contributed by atoms with Gasteiger partial charge >= 0.3 is 35.8 Å². The van der Waals surface area contributed by atoms with Crippen molar-refractivity contribution in [1.82, 2.24) is 0 Å². The Morgan fingerprint density at radius 2 is 1.02 bits per heavy atom. The Morgan fingerprint density at radius 1 is 0.585 bits per heavy atom. The van der Waals surface area contributed by atoms with E-state index < -0.39 is 104 Å². The second-order valence-corrected chi connectivity index (χ2v) is 9.92. The Labute approximate surface area is 248 Å². The van der Waals surface area contributed by atoms with Crippen molar-refractivity contribution in [3.8, 4) is 0 Å². The van der Waals surface area contributed by atoms with Crippen molar-refractivity contribution in [1.29, 1.82) is 0 Å². The smallest absolute Gasteiger partial charge is 0.303 e. The molecule has 17 heteroatoms. The zero-order chi connectivity index (χ0) is 31.0. The van der Waals surface area contributed by atoms with Crippen molar-refractivity contribution in [3.05, 3.63) is 0 Å². The largest absolute Gasteiger partial charge is 0.463 e. The molecule has 0 bridgehead atoms. The zero-order valence-corrected chi connectivity index (χ0v) is 25.3. The zero-order valence-electron chi connectivity index (χ0n) is 23.1. The lowest BCUT2D eigenvalue weighted by Gasteiger charge is -2.48. The van der Waals surface area contributed by atoms with Crippen LogP contribution in [0.2, 0.25) is 0 Å². The van der Waals surface area contributed by atoms with E-state index in [0.29, 0.717) is 0 Å². The minimum absolute atomic E-state index is 0.148. The van der Waals surface area contributed by atoms with Crippen LogP contribution in [0.4, 0.5) is 0 Å². The Hall–Kier alpha value is -2.61. The molecule has 0 radical (unpaired) electrons. The fourth-order valence-electron chi connectivity index (χ4n) is 4.28. The number of hydrogen-bond acceptors (Lipinski definition) is 16. The fraction of sp³-hybridized carbons (Fsp3) is 0.750. The normalized spacial score (nSPS) is 33.1. The van der Waals surface area contributed by atoms with Gasteiger partial charge in [0.25, 0.3) is 0 Å². The van der Waals surface area contributed by atoms with Crippen LogP contribution >= 0.6 is 22.6 Å². The lowest BCUT2D eigenvalue weighted by Crippen LogP contribution is -2.66. The molecule has 2 fully saturated rings. The highest BCUT2D eigenvalue weighted by molar-refractivity contribution is 14.1. The molecule has 16 nitrogen and oxygen atoms in total. The monoisotopic (exact) mass is 704 g/mol. The van der Waals surface area contributed by atoms with E-state index >= 15 is 0 Å². The first-order chi connectivity index (χ1) is 19.1. The molecule has 0 aromatic rings. The third kappa shape index (κ3) is 10.0. The standard InChI is InChI=1S/C24H33IO16/c1-9(26)33-8-16-18(34-10(2)27)20(36-12(4)29)22(38-14(6)31)24(40-16)41-17-15(7-25)39-23(32)21(37-13(5)30)19(17)35-11(3)28/h15-24,32H,7-8H2,1-6H3. The number of hydrogen-bond donors (Lipinski definition) is 1. The summed E-state index contributed by atoms with van der Waals surface area (Å²) in [5.74, 6) is -4.88. The predicted octanol–water partition coefficient (Wildman–Crippen LogP) is -0.530. The van der Waals surface area contributed by atoms with Crippen LogP contribution in [0.3, 0.4) is 0 Å². The summed E-state index contributed by atoms with van der Waals surface area (Å²) in [4.78, 5) is 71.5. The second-order valence-electron chi connectivity index (χ2n) is 9.04. The number of rotatable bonds is 10. The molecular formula is C24H33IO16. The quantitative estimate of drug-likeness (QED) is 0.131. The average molecular weight is 704 g/mol. The molecule has 0 aliphatic carbocycles. The molecule has 0 aromatic carbocycles. The van der Waals surface area contributed by atoms with Gasteiger partial charge in [-0.1, -0.05) is 22.6 Å². The highest BCUT2D eigenvalue weighted by Gasteiger charge is 2.56. The molecule has 2 aliphatic rings. The van der Waals surface area contributed by atoms with Crippen molar-refractivity contribution >= 4 is 58.4 Å². The van der Waals surface area contributed by atoms with Gasteiger partial charge in [0.1, 0.15) is 18.8 Å². The van der Waals surface area contributed by atoms with Crippen LogP contribution in [-0.2, 0) is 71.4 Å². The van der Waals surface area contributed by atoms with E-state index in [9.17, 15) is 33.9 Å². The summed E-state index contributed by atoms with van der Waals surface area (Å²) >= 11 is 1.91. The molecule has 0 amide bonds. The summed E-state index contributed by atoms with van der Waals surface area (Å²) < 4.78 is 49.5. The maximum Gasteiger partial charge on any atom is 0.303 e. The van der Waals surface area contributed by atoms with Crippen molar-refractivity contribution in [2.75, 3.05) is 11.0 Å². The van der Waals surface area contributed by atoms with Gasteiger partial charge < -0.3 is 47.7 Å². The van der Waals surface area contributed by atoms with Gasteiger partial charge in [0.2, 0.25) is 0 Å². The van der Waals surface area contributed by atoms with Crippen LogP contribution in [-0.4, -0.2) is 113 Å². The van der Waals surface area contributed by atoms with Gasteiger partial charge in [-0.15, -0.1) is 0 Å². The van der Waals surface area contributed by atoms with Gasteiger partial charge in [0, 0.05) is 46.0 Å². The van der Waals surface area contributed by atoms with Crippen LogP contribution in [0.1, 0.15) is 41.5 Å². The summed E-state index contributed by atoms with van der Waals surface area (Å²) in [5, 5.41) is 10.5. The first kappa shape index (κ1) is 34.6. The van der Waals surface area contributed by atoms with E-state index in [2.05, 4.69) is 0 Å². The summed E-state index contributed by atoms with van der Waals surface area (Å²) in [5.41, 5.74) is 0. The van der Waals surface area contributed by atoms with Crippen LogP contribution < -0.4 is 0 Å². The lowest BCUT2D eigenvalue weighted by molar-refractivity contribution is -0.352. The van der Waals surface area contributed by atoms with Gasteiger partial charge in [-0.2, -0.15) is 0 Å². The minimum atomic E-state index is -1.71. The summed E-state index contributed by atoms with van der Waals surface area (Å²) in [6.07, 6.45) is -14.5. The van der Waals surface area contributed by atoms with Crippen molar-refractivity contribution < 1.29 is 76.5 Å². The molecule has 232 valence electrons. The lowest BCUT2D eigenvalue weighted by atomic mass is 9.96. The van der Waals surface area contributed by atoms with Crippen LogP contribution in [0, 0.1) is 0 Å². The van der Waals surface area contributed by atoms with Crippen molar-refractivity contribution in [2.24, 2.45) is 0 Å². The molecule has 0 spiro atoms. The SMILES string of the molecule is CC(=O)OCC1OC(OC2C(CI)OC(O)C(OC(C)=O)C2OC(C)=O)C(OC(C)=O)C(OC(C)=O)C1OC(C)=O. The third-order valence-electron chi connectivity index (χ3n) is 5.60. The van der Waals surface area contributed by atoms with Gasteiger partial charge in [0.15, 0.2) is 43.1 Å². The van der Waals surface area contributed by atoms with E-state index in [1.165, 1.54) is 0 Å². The van der Waals surface area contributed by atoms with E-state index in [0.717, 1.165) is 41.5 Å². The number of aliphatic hydroxyl groups excluding tert-OH is 1. The molecule has 0 saturated carbocycles. The molecule has 2 rings (SSSR count). The summed E-state index contributed by atoms with van der Waals surface area (Å²) in [6.45, 7) is 5.96. The molecule has 2 saturated heterocycles. The molecule has 41 heavy (non-hydrogen) atoms. The average Bonchev–Trinajstić information content (AvgIpc) is 2.83. The van der Waals surface area contributed by atoms with Crippen molar-refractivity contribution in [3.63, 3.8) is 0 Å². The Kier molecular flexibility index (Phi) is 13.1. The first-order valence-corrected chi connectivity index (χ1v) is 13.9. The summed E-state index contributed by atoms with van der Waals surface area (Å²) in [6, 6.07) is 0. The number of alkyl halides is 1. The Morgan fingerprint density at radius 3 is 1.49 bits per heavy atom. The van der Waals surface area contributed by atoms with E-state index in [-0.39, 0.29) is 4.43 Å². The number of aliphatic hydroxyl groups is 1. The molecule has 2 aliphatic heterocycles. The summed E-state index contributed by atoms with van der Waals surface area (Å²) in [7, 11) is 0. The topological polar surface area (TPSA) is 206 Å². The minimum Gasteiger partial charge on any atom is -0.463 e. The van der Waals surface area contributed by atoms with Crippen LogP contribution in [0.5, 0.6) is 0 Å². The maximum atomic E-state index is 12.1. The number of carbonyl (C=O) groups is 6. The predicted molar refractivity (Wildman–Crippen MR) is 138 cm³/mol. The van der Waals surface area contributed by atoms with Gasteiger partial charge in [-0.05, 0) is 0 Å². The molecule has 10 atom stereocenters. The molecule has 0 aromatic heterocycles. The highest BCUT2D eigenvalue weighted by Crippen LogP contribution is 2.35. The second kappa shape index (κ2) is 15.6. The highest BCUT2D eigenvalue weighted by atomic mass is 127. The Bertz CT molecular complexity index is 987.